The zero-order valence-corrected chi connectivity index (χ0v) is 20.0. The van der Waals surface area contributed by atoms with E-state index in [4.69, 9.17) is 29.8 Å². The molecule has 8 nitrogen and oxygen atoms in total. The zero-order chi connectivity index (χ0) is 25.8. The summed E-state index contributed by atoms with van der Waals surface area (Å²) in [6.07, 6.45) is 3.09. The van der Waals surface area contributed by atoms with Crippen molar-refractivity contribution in [2.24, 2.45) is 5.73 Å². The van der Waals surface area contributed by atoms with Gasteiger partial charge >= 0.3 is 5.97 Å². The number of carboxylic acids is 1. The van der Waals surface area contributed by atoms with Gasteiger partial charge in [0.25, 0.3) is 0 Å². The molecule has 188 valence electrons. The summed E-state index contributed by atoms with van der Waals surface area (Å²) in [5, 5.41) is 8.85. The highest BCUT2D eigenvalue weighted by Gasteiger charge is 2.12. The highest BCUT2D eigenvalue weighted by molar-refractivity contribution is 6.07. The van der Waals surface area contributed by atoms with Gasteiger partial charge in [-0.15, -0.1) is 0 Å². The van der Waals surface area contributed by atoms with Gasteiger partial charge in [-0.05, 0) is 61.0 Å². The molecule has 0 amide bonds. The van der Waals surface area contributed by atoms with Crippen molar-refractivity contribution in [1.29, 1.82) is 0 Å². The van der Waals surface area contributed by atoms with Crippen LogP contribution in [0.2, 0.25) is 0 Å². The molecule has 0 saturated carbocycles. The number of ketones is 1. The minimum absolute atomic E-state index is 0.251. The van der Waals surface area contributed by atoms with Crippen molar-refractivity contribution < 1.29 is 33.6 Å². The van der Waals surface area contributed by atoms with Crippen LogP contribution < -0.4 is 24.7 Å². The molecule has 3 rings (SSSR count). The molecule has 0 radical (unpaired) electrons. The molecule has 0 aliphatic carbocycles. The number of ether oxygens (including phenoxy) is 4. The lowest BCUT2D eigenvalue weighted by molar-refractivity contribution is -0.139. The molecule has 0 spiro atoms. The lowest BCUT2D eigenvalue weighted by Gasteiger charge is -2.12. The fourth-order valence-corrected chi connectivity index (χ4v) is 3.24. The highest BCUT2D eigenvalue weighted by atomic mass is 16.5. The SMILES string of the molecule is CCOc1cc(C(=O)/C=C/c2cc(OCCN)ccc2OCc2ccccc2)ccc1OCC(=O)O. The van der Waals surface area contributed by atoms with E-state index in [2.05, 4.69) is 0 Å². The lowest BCUT2D eigenvalue weighted by atomic mass is 10.1. The minimum Gasteiger partial charge on any atom is -0.492 e. The number of hydrogen-bond donors (Lipinski definition) is 2. The fraction of sp³-hybridized carbons (Fsp3) is 0.214. The number of carboxylic acid groups (broad SMARTS) is 1. The van der Waals surface area contributed by atoms with Crippen LogP contribution in [0.4, 0.5) is 0 Å². The van der Waals surface area contributed by atoms with Gasteiger partial charge in [0.05, 0.1) is 6.61 Å². The third kappa shape index (κ3) is 7.89. The third-order valence-electron chi connectivity index (χ3n) is 4.90. The Labute approximate surface area is 209 Å². The maximum Gasteiger partial charge on any atom is 0.341 e. The summed E-state index contributed by atoms with van der Waals surface area (Å²) < 4.78 is 22.4. The van der Waals surface area contributed by atoms with E-state index in [0.717, 1.165) is 5.56 Å². The molecule has 0 saturated heterocycles. The second kappa shape index (κ2) is 13.6. The Bertz CT molecular complexity index is 1190. The Balaban J connectivity index is 1.81. The van der Waals surface area contributed by atoms with E-state index in [9.17, 15) is 9.59 Å². The predicted octanol–water partition coefficient (Wildman–Crippen LogP) is 4.36. The third-order valence-corrected chi connectivity index (χ3v) is 4.90. The van der Waals surface area contributed by atoms with Crippen molar-refractivity contribution in [2.45, 2.75) is 13.5 Å². The first-order valence-corrected chi connectivity index (χ1v) is 11.5. The number of hydrogen-bond acceptors (Lipinski definition) is 7. The van der Waals surface area contributed by atoms with Gasteiger partial charge in [-0.3, -0.25) is 4.79 Å². The normalized spacial score (nSPS) is 10.7. The van der Waals surface area contributed by atoms with Crippen LogP contribution in [0.3, 0.4) is 0 Å². The summed E-state index contributed by atoms with van der Waals surface area (Å²) in [6.45, 7) is 2.71. The number of aliphatic carboxylic acids is 1. The average molecular weight is 492 g/mol. The van der Waals surface area contributed by atoms with E-state index < -0.39 is 12.6 Å². The fourth-order valence-electron chi connectivity index (χ4n) is 3.24. The van der Waals surface area contributed by atoms with Crippen LogP contribution in [0.1, 0.15) is 28.4 Å². The highest BCUT2D eigenvalue weighted by Crippen LogP contribution is 2.30. The van der Waals surface area contributed by atoms with Crippen LogP contribution in [0, 0.1) is 0 Å². The van der Waals surface area contributed by atoms with Crippen LogP contribution >= 0.6 is 0 Å². The summed E-state index contributed by atoms with van der Waals surface area (Å²) in [5.74, 6) is 0.364. The van der Waals surface area contributed by atoms with Crippen molar-refractivity contribution in [3.8, 4) is 23.0 Å². The van der Waals surface area contributed by atoms with Crippen LogP contribution in [-0.2, 0) is 11.4 Å². The van der Waals surface area contributed by atoms with E-state index in [1.807, 2.05) is 30.3 Å². The summed E-state index contributed by atoms with van der Waals surface area (Å²) >= 11 is 0. The van der Waals surface area contributed by atoms with Crippen LogP contribution in [0.15, 0.2) is 72.8 Å². The van der Waals surface area contributed by atoms with Crippen LogP contribution in [0.5, 0.6) is 23.0 Å². The van der Waals surface area contributed by atoms with Gasteiger partial charge < -0.3 is 29.8 Å². The number of carbonyl (C=O) groups is 2. The topological polar surface area (TPSA) is 117 Å². The molecule has 0 heterocycles. The van der Waals surface area contributed by atoms with E-state index in [1.165, 1.54) is 18.2 Å². The number of allylic oxidation sites excluding steroid dienone is 1. The number of nitrogens with two attached hydrogens (primary N) is 1. The second-order valence-corrected chi connectivity index (χ2v) is 7.59. The standard InChI is InChI=1S/C28H29NO7/c1-2-33-27-17-21(9-12-26(27)36-19-28(31)32)24(30)11-8-22-16-23(34-15-14-29)10-13-25(22)35-18-20-6-4-3-5-7-20/h3-13,16-17H,2,14-15,18-19,29H2,1H3,(H,31,32)/b11-8+. The Hall–Kier alpha value is -4.30. The first kappa shape index (κ1) is 26.3. The number of carbonyl (C=O) groups excluding carboxylic acids is 1. The number of benzene rings is 3. The molecule has 36 heavy (non-hydrogen) atoms. The molecule has 3 N–H and O–H groups in total. The molecule has 0 aliphatic heterocycles. The zero-order valence-electron chi connectivity index (χ0n) is 20.0. The maximum atomic E-state index is 12.9. The summed E-state index contributed by atoms with van der Waals surface area (Å²) in [7, 11) is 0. The van der Waals surface area contributed by atoms with Gasteiger partial charge in [-0.2, -0.15) is 0 Å². The van der Waals surface area contributed by atoms with E-state index in [0.29, 0.717) is 54.7 Å². The lowest BCUT2D eigenvalue weighted by Crippen LogP contribution is -2.10. The molecule has 3 aromatic rings. The monoisotopic (exact) mass is 491 g/mol. The summed E-state index contributed by atoms with van der Waals surface area (Å²) in [5.41, 5.74) is 7.58. The molecule has 0 unspecified atom stereocenters. The van der Waals surface area contributed by atoms with Crippen molar-refractivity contribution in [1.82, 2.24) is 0 Å². The number of rotatable bonds is 14. The molecule has 0 fully saturated rings. The summed E-state index contributed by atoms with van der Waals surface area (Å²) in [6, 6.07) is 19.7. The van der Waals surface area contributed by atoms with Gasteiger partial charge in [0.15, 0.2) is 23.9 Å². The second-order valence-electron chi connectivity index (χ2n) is 7.59. The van der Waals surface area contributed by atoms with Gasteiger partial charge in [0.1, 0.15) is 24.7 Å². The van der Waals surface area contributed by atoms with Crippen molar-refractivity contribution in [3.05, 3.63) is 89.5 Å². The molecule has 0 atom stereocenters. The first-order valence-electron chi connectivity index (χ1n) is 11.5. The largest absolute Gasteiger partial charge is 0.492 e. The van der Waals surface area contributed by atoms with Crippen LogP contribution in [-0.4, -0.2) is 43.2 Å². The van der Waals surface area contributed by atoms with Crippen molar-refractivity contribution in [2.75, 3.05) is 26.4 Å². The van der Waals surface area contributed by atoms with Gasteiger partial charge in [-0.1, -0.05) is 30.3 Å². The van der Waals surface area contributed by atoms with E-state index >= 15 is 0 Å². The van der Waals surface area contributed by atoms with Crippen molar-refractivity contribution in [3.63, 3.8) is 0 Å². The van der Waals surface area contributed by atoms with Gasteiger partial charge in [-0.25, -0.2) is 4.79 Å². The first-order chi connectivity index (χ1) is 17.5. The quantitative estimate of drug-likeness (QED) is 0.252. The molecular weight excluding hydrogens is 462 g/mol. The van der Waals surface area contributed by atoms with Crippen molar-refractivity contribution >= 4 is 17.8 Å². The molecule has 0 aliphatic rings. The van der Waals surface area contributed by atoms with Gasteiger partial charge in [0.2, 0.25) is 0 Å². The average Bonchev–Trinajstić information content (AvgIpc) is 2.89. The maximum absolute atomic E-state index is 12.9. The Morgan fingerprint density at radius 2 is 1.67 bits per heavy atom. The Morgan fingerprint density at radius 3 is 2.39 bits per heavy atom. The Morgan fingerprint density at radius 1 is 0.889 bits per heavy atom. The molecule has 3 aromatic carbocycles. The Kier molecular flexibility index (Phi) is 9.90. The van der Waals surface area contributed by atoms with E-state index in [-0.39, 0.29) is 11.5 Å². The predicted molar refractivity (Wildman–Crippen MR) is 136 cm³/mol. The molecule has 8 heteroatoms. The summed E-state index contributed by atoms with van der Waals surface area (Å²) in [4.78, 5) is 23.8. The van der Waals surface area contributed by atoms with Gasteiger partial charge in [0, 0.05) is 17.7 Å². The minimum atomic E-state index is -1.11. The van der Waals surface area contributed by atoms with Crippen LogP contribution in [0.25, 0.3) is 6.08 Å². The smallest absolute Gasteiger partial charge is 0.341 e. The van der Waals surface area contributed by atoms with E-state index in [1.54, 1.807) is 37.3 Å². The molecule has 0 bridgehead atoms. The molecule has 0 aromatic heterocycles. The molecular formula is C28H29NO7.